The highest BCUT2D eigenvalue weighted by molar-refractivity contribution is 7.92. The molecule has 4 rings (SSSR count). The summed E-state index contributed by atoms with van der Waals surface area (Å²) in [6.07, 6.45) is 2.07. The van der Waals surface area contributed by atoms with E-state index in [9.17, 15) is 21.6 Å². The monoisotopic (exact) mass is 492 g/mol. The van der Waals surface area contributed by atoms with E-state index in [1.165, 1.54) is 30.3 Å². The Labute approximate surface area is 194 Å². The van der Waals surface area contributed by atoms with Crippen LogP contribution in [0.25, 0.3) is 0 Å². The van der Waals surface area contributed by atoms with Gasteiger partial charge in [-0.1, -0.05) is 13.8 Å². The van der Waals surface area contributed by atoms with Gasteiger partial charge in [-0.2, -0.15) is 0 Å². The van der Waals surface area contributed by atoms with Crippen LogP contribution < -0.4 is 14.8 Å². The standard InChI is InChI=1S/C22H28N4O5S2/c1-22(2)15-26(14-21(27)25-11-3-4-12-25)20-10-9-18(13-19(20)22)33(30,31)24-16-5-7-17(8-6-16)32(23,28)29/h5-10,13,24H,3-4,11-12,14-15H2,1-2H3,(H2,23,28,29). The van der Waals surface area contributed by atoms with E-state index in [4.69, 9.17) is 5.14 Å². The van der Waals surface area contributed by atoms with Crippen LogP contribution in [-0.2, 0) is 30.3 Å². The van der Waals surface area contributed by atoms with Crippen molar-refractivity contribution in [3.63, 3.8) is 0 Å². The van der Waals surface area contributed by atoms with Gasteiger partial charge in [0.25, 0.3) is 10.0 Å². The second kappa shape index (κ2) is 8.30. The molecule has 0 unspecified atom stereocenters. The fourth-order valence-corrected chi connectivity index (χ4v) is 6.05. The minimum atomic E-state index is -3.91. The minimum absolute atomic E-state index is 0.0949. The fourth-order valence-electron chi connectivity index (χ4n) is 4.45. The van der Waals surface area contributed by atoms with E-state index in [0.29, 0.717) is 6.54 Å². The Morgan fingerprint density at radius 1 is 1.00 bits per heavy atom. The van der Waals surface area contributed by atoms with E-state index in [-0.39, 0.29) is 33.3 Å². The SMILES string of the molecule is CC1(C)CN(CC(=O)N2CCCC2)c2ccc(S(=O)(=O)Nc3ccc(S(N)(=O)=O)cc3)cc21. The summed E-state index contributed by atoms with van der Waals surface area (Å²) in [7, 11) is -7.78. The molecule has 3 N–H and O–H groups in total. The molecule has 0 spiro atoms. The zero-order valence-corrected chi connectivity index (χ0v) is 20.2. The Hall–Kier alpha value is -2.63. The second-order valence-corrected chi connectivity index (χ2v) is 12.4. The van der Waals surface area contributed by atoms with E-state index in [1.54, 1.807) is 12.1 Å². The molecule has 9 nitrogen and oxygen atoms in total. The molecule has 0 atom stereocenters. The number of sulfonamides is 2. The Balaban J connectivity index is 1.57. The second-order valence-electron chi connectivity index (χ2n) is 9.18. The normalized spacial score (nSPS) is 17.8. The number of rotatable bonds is 6. The van der Waals surface area contributed by atoms with Crippen LogP contribution in [0.5, 0.6) is 0 Å². The van der Waals surface area contributed by atoms with Gasteiger partial charge in [0.2, 0.25) is 15.9 Å². The summed E-state index contributed by atoms with van der Waals surface area (Å²) in [6, 6.07) is 10.1. The first-order valence-electron chi connectivity index (χ1n) is 10.7. The maximum absolute atomic E-state index is 13.0. The van der Waals surface area contributed by atoms with Gasteiger partial charge >= 0.3 is 0 Å². The van der Waals surface area contributed by atoms with Crippen molar-refractivity contribution in [2.24, 2.45) is 5.14 Å². The molecule has 0 radical (unpaired) electrons. The van der Waals surface area contributed by atoms with E-state index < -0.39 is 20.0 Å². The fraction of sp³-hybridized carbons (Fsp3) is 0.409. The van der Waals surface area contributed by atoms with Gasteiger partial charge in [-0.05, 0) is 60.9 Å². The van der Waals surface area contributed by atoms with Crippen LogP contribution in [0.1, 0.15) is 32.3 Å². The van der Waals surface area contributed by atoms with E-state index in [2.05, 4.69) is 4.72 Å². The number of benzene rings is 2. The molecule has 2 heterocycles. The molecule has 2 aromatic rings. The van der Waals surface area contributed by atoms with Gasteiger partial charge in [0.1, 0.15) is 0 Å². The first-order valence-corrected chi connectivity index (χ1v) is 13.7. The van der Waals surface area contributed by atoms with Gasteiger partial charge in [0, 0.05) is 36.4 Å². The molecule has 1 amide bonds. The van der Waals surface area contributed by atoms with Crippen molar-refractivity contribution in [3.8, 4) is 0 Å². The highest BCUT2D eigenvalue weighted by atomic mass is 32.2. The van der Waals surface area contributed by atoms with Gasteiger partial charge in [-0.3, -0.25) is 9.52 Å². The van der Waals surface area contributed by atoms with Crippen LogP contribution in [0, 0.1) is 0 Å². The third-order valence-electron chi connectivity index (χ3n) is 6.15. The zero-order chi connectivity index (χ0) is 24.0. The molecule has 2 aliphatic rings. The predicted octanol–water partition coefficient (Wildman–Crippen LogP) is 1.85. The summed E-state index contributed by atoms with van der Waals surface area (Å²) in [5, 5.41) is 5.09. The number of nitrogens with two attached hydrogens (primary N) is 1. The molecular weight excluding hydrogens is 464 g/mol. The van der Waals surface area contributed by atoms with Crippen LogP contribution in [0.2, 0.25) is 0 Å². The molecule has 2 aromatic carbocycles. The molecule has 33 heavy (non-hydrogen) atoms. The molecule has 0 bridgehead atoms. The molecular formula is C22H28N4O5S2. The van der Waals surface area contributed by atoms with Crippen LogP contribution >= 0.6 is 0 Å². The van der Waals surface area contributed by atoms with E-state index in [0.717, 1.165) is 37.2 Å². The maximum atomic E-state index is 13.0. The third-order valence-corrected chi connectivity index (χ3v) is 8.46. The lowest BCUT2D eigenvalue weighted by Crippen LogP contribution is -2.40. The van der Waals surface area contributed by atoms with Crippen molar-refractivity contribution in [3.05, 3.63) is 48.0 Å². The lowest BCUT2D eigenvalue weighted by atomic mass is 9.87. The van der Waals surface area contributed by atoms with Crippen molar-refractivity contribution in [2.45, 2.75) is 41.9 Å². The number of fused-ring (bicyclic) bond motifs is 1. The van der Waals surface area contributed by atoms with Gasteiger partial charge in [0.05, 0.1) is 16.3 Å². The Kier molecular flexibility index (Phi) is 5.92. The summed E-state index contributed by atoms with van der Waals surface area (Å²) in [5.74, 6) is 0.0949. The van der Waals surface area contributed by atoms with Crippen molar-refractivity contribution < 1.29 is 21.6 Å². The molecule has 11 heteroatoms. The number of hydrogen-bond donors (Lipinski definition) is 2. The zero-order valence-electron chi connectivity index (χ0n) is 18.6. The summed E-state index contributed by atoms with van der Waals surface area (Å²) in [4.78, 5) is 16.6. The quantitative estimate of drug-likeness (QED) is 0.633. The van der Waals surface area contributed by atoms with Crippen molar-refractivity contribution in [1.29, 1.82) is 0 Å². The molecule has 1 saturated heterocycles. The molecule has 0 aliphatic carbocycles. The number of carbonyl (C=O) groups is 1. The predicted molar refractivity (Wildman–Crippen MR) is 126 cm³/mol. The van der Waals surface area contributed by atoms with Crippen molar-refractivity contribution in [2.75, 3.05) is 35.8 Å². The third kappa shape index (κ3) is 4.85. The minimum Gasteiger partial charge on any atom is -0.361 e. The van der Waals surface area contributed by atoms with Crippen molar-refractivity contribution >= 4 is 37.3 Å². The van der Waals surface area contributed by atoms with Gasteiger partial charge in [-0.15, -0.1) is 0 Å². The van der Waals surface area contributed by atoms with Gasteiger partial charge < -0.3 is 9.80 Å². The molecule has 0 aromatic heterocycles. The first kappa shape index (κ1) is 23.5. The number of anilines is 2. The Bertz CT molecular complexity index is 1280. The number of nitrogens with one attached hydrogen (secondary N) is 1. The van der Waals surface area contributed by atoms with Crippen molar-refractivity contribution in [1.82, 2.24) is 4.90 Å². The van der Waals surface area contributed by atoms with Crippen LogP contribution in [0.15, 0.2) is 52.3 Å². The Morgan fingerprint density at radius 2 is 1.61 bits per heavy atom. The lowest BCUT2D eigenvalue weighted by Gasteiger charge is -2.24. The highest BCUT2D eigenvalue weighted by Crippen LogP contribution is 2.41. The number of nitrogens with zero attached hydrogens (tertiary/aromatic N) is 2. The Morgan fingerprint density at radius 3 is 2.21 bits per heavy atom. The molecule has 178 valence electrons. The van der Waals surface area contributed by atoms with Gasteiger partial charge in [0.15, 0.2) is 0 Å². The number of carbonyl (C=O) groups excluding carboxylic acids is 1. The number of primary sulfonamides is 1. The van der Waals surface area contributed by atoms with E-state index in [1.807, 2.05) is 23.6 Å². The summed E-state index contributed by atoms with van der Waals surface area (Å²) in [5.41, 5.74) is 1.62. The topological polar surface area (TPSA) is 130 Å². The van der Waals surface area contributed by atoms with Crippen LogP contribution in [0.4, 0.5) is 11.4 Å². The first-order chi connectivity index (χ1) is 15.4. The average Bonchev–Trinajstić information content (AvgIpc) is 3.34. The lowest BCUT2D eigenvalue weighted by molar-refractivity contribution is -0.128. The number of hydrogen-bond acceptors (Lipinski definition) is 6. The molecule has 2 aliphatic heterocycles. The summed E-state index contributed by atoms with van der Waals surface area (Å²) in [6.45, 7) is 6.54. The van der Waals surface area contributed by atoms with Gasteiger partial charge in [-0.25, -0.2) is 22.0 Å². The highest BCUT2D eigenvalue weighted by Gasteiger charge is 2.37. The van der Waals surface area contributed by atoms with Crippen LogP contribution in [-0.4, -0.2) is 53.8 Å². The number of likely N-dealkylation sites (tertiary alicyclic amines) is 1. The summed E-state index contributed by atoms with van der Waals surface area (Å²) < 4.78 is 51.3. The smallest absolute Gasteiger partial charge is 0.261 e. The molecule has 1 fully saturated rings. The van der Waals surface area contributed by atoms with E-state index >= 15 is 0 Å². The number of amides is 1. The average molecular weight is 493 g/mol. The molecule has 0 saturated carbocycles. The van der Waals surface area contributed by atoms with Crippen LogP contribution in [0.3, 0.4) is 0 Å². The summed E-state index contributed by atoms with van der Waals surface area (Å²) >= 11 is 0. The largest absolute Gasteiger partial charge is 0.361 e. The maximum Gasteiger partial charge on any atom is 0.261 e.